The zero-order valence-corrected chi connectivity index (χ0v) is 24.4. The summed E-state index contributed by atoms with van der Waals surface area (Å²) in [6.45, 7) is 5.64. The van der Waals surface area contributed by atoms with E-state index >= 15 is 0 Å². The number of benzene rings is 3. The first-order chi connectivity index (χ1) is 20.4. The van der Waals surface area contributed by atoms with Crippen molar-refractivity contribution in [1.82, 2.24) is 0 Å². The average molecular weight is 573 g/mol. The van der Waals surface area contributed by atoms with Crippen molar-refractivity contribution in [3.05, 3.63) is 77.6 Å². The number of hydrogen-bond acceptors (Lipinski definition) is 8. The molecule has 3 aromatic carbocycles. The summed E-state index contributed by atoms with van der Waals surface area (Å²) in [4.78, 5) is 13.1. The number of ketones is 1. The molecule has 0 aromatic heterocycles. The third-order valence-corrected chi connectivity index (χ3v) is 6.95. The van der Waals surface area contributed by atoms with E-state index in [4.69, 9.17) is 30.1 Å². The Kier molecular flexibility index (Phi) is 10.9. The van der Waals surface area contributed by atoms with Gasteiger partial charge in [0.05, 0.1) is 30.0 Å². The number of aromatic hydroxyl groups is 1. The van der Waals surface area contributed by atoms with Crippen molar-refractivity contribution in [2.24, 2.45) is 0 Å². The summed E-state index contributed by atoms with van der Waals surface area (Å²) >= 11 is 0. The summed E-state index contributed by atoms with van der Waals surface area (Å²) < 4.78 is 23.3. The van der Waals surface area contributed by atoms with Gasteiger partial charge >= 0.3 is 0 Å². The lowest BCUT2D eigenvalue weighted by Crippen LogP contribution is -2.22. The normalized spacial score (nSPS) is 12.5. The summed E-state index contributed by atoms with van der Waals surface area (Å²) in [6.07, 6.45) is 10.2. The zero-order chi connectivity index (χ0) is 29.9. The van der Waals surface area contributed by atoms with Crippen LogP contribution in [-0.2, 0) is 0 Å². The smallest absolute Gasteiger partial charge is 0.192 e. The highest BCUT2D eigenvalue weighted by Gasteiger charge is 2.31. The van der Waals surface area contributed by atoms with Crippen molar-refractivity contribution in [3.63, 3.8) is 0 Å². The highest BCUT2D eigenvalue weighted by atomic mass is 16.5. The molecule has 0 radical (unpaired) electrons. The predicted molar refractivity (Wildman–Crippen MR) is 165 cm³/mol. The number of phenolic OH excluding ortho intramolecular Hbond substituents is 1. The second kappa shape index (κ2) is 15.0. The Morgan fingerprint density at radius 1 is 0.714 bits per heavy atom. The maximum Gasteiger partial charge on any atom is 0.192 e. The van der Waals surface area contributed by atoms with E-state index in [0.29, 0.717) is 24.7 Å². The molecule has 4 rings (SSSR count). The van der Waals surface area contributed by atoms with E-state index in [0.717, 1.165) is 37.2 Å². The van der Waals surface area contributed by atoms with Crippen molar-refractivity contribution in [2.75, 3.05) is 18.9 Å². The number of phenols is 1. The van der Waals surface area contributed by atoms with E-state index < -0.39 is 5.78 Å². The molecule has 42 heavy (non-hydrogen) atoms. The van der Waals surface area contributed by atoms with Crippen LogP contribution in [0.4, 0.5) is 5.69 Å². The Morgan fingerprint density at radius 2 is 1.21 bits per heavy atom. The van der Waals surface area contributed by atoms with E-state index in [9.17, 15) is 9.90 Å². The standard InChI is InChI=1S/C34H40N2O6/c1-3-5-7-9-19-39-23-11-15-25(16-12-23)41-29-21-27(37)32-31(33(29)35)28(38)22-30(34(32)36)42-26-17-13-24(14-18-26)40-20-10-8-6-4-2/h11-18,21-22,35,38H,3-10,19-20,36H2,1-2H3. The molecule has 0 fully saturated rings. The first-order valence-electron chi connectivity index (χ1n) is 14.7. The van der Waals surface area contributed by atoms with E-state index in [1.165, 1.54) is 37.8 Å². The van der Waals surface area contributed by atoms with Crippen LogP contribution in [0.15, 0.2) is 66.4 Å². The highest BCUT2D eigenvalue weighted by molar-refractivity contribution is 6.28. The van der Waals surface area contributed by atoms with Crippen LogP contribution in [-0.4, -0.2) is 29.8 Å². The summed E-state index contributed by atoms with van der Waals surface area (Å²) in [7, 11) is 0. The lowest BCUT2D eigenvalue weighted by Gasteiger charge is -2.22. The maximum atomic E-state index is 13.1. The summed E-state index contributed by atoms with van der Waals surface area (Å²) in [5.41, 5.74) is 6.21. The molecule has 0 saturated carbocycles. The number of carbonyl (C=O) groups is 1. The number of carbonyl (C=O) groups excluding carboxylic acids is 1. The van der Waals surface area contributed by atoms with Crippen LogP contribution in [0.5, 0.6) is 34.5 Å². The fourth-order valence-corrected chi connectivity index (χ4v) is 4.62. The van der Waals surface area contributed by atoms with Gasteiger partial charge in [0.2, 0.25) is 0 Å². The molecule has 0 bridgehead atoms. The van der Waals surface area contributed by atoms with Gasteiger partial charge in [-0.3, -0.25) is 10.2 Å². The summed E-state index contributed by atoms with van der Waals surface area (Å²) in [5, 5.41) is 19.5. The molecule has 0 heterocycles. The first-order valence-corrected chi connectivity index (χ1v) is 14.7. The number of ether oxygens (including phenoxy) is 4. The molecule has 0 atom stereocenters. The first kappa shape index (κ1) is 30.5. The minimum Gasteiger partial charge on any atom is -0.507 e. The molecule has 8 heteroatoms. The van der Waals surface area contributed by atoms with Gasteiger partial charge in [-0.25, -0.2) is 0 Å². The third kappa shape index (κ3) is 7.84. The number of unbranched alkanes of at least 4 members (excludes halogenated alkanes) is 6. The van der Waals surface area contributed by atoms with Gasteiger partial charge in [0.25, 0.3) is 0 Å². The van der Waals surface area contributed by atoms with E-state index in [1.54, 1.807) is 48.5 Å². The number of hydrogen-bond donors (Lipinski definition) is 3. The van der Waals surface area contributed by atoms with E-state index in [2.05, 4.69) is 13.8 Å². The van der Waals surface area contributed by atoms with Crippen molar-refractivity contribution in [2.45, 2.75) is 65.2 Å². The second-order valence-electron chi connectivity index (χ2n) is 10.3. The number of fused-ring (bicyclic) bond motifs is 1. The number of nitrogen functional groups attached to an aromatic ring is 1. The molecule has 8 nitrogen and oxygen atoms in total. The molecular weight excluding hydrogens is 532 g/mol. The van der Waals surface area contributed by atoms with Gasteiger partial charge in [0.1, 0.15) is 34.5 Å². The highest BCUT2D eigenvalue weighted by Crippen LogP contribution is 2.41. The molecular formula is C34H40N2O6. The number of allylic oxidation sites excluding steroid dienone is 2. The van der Waals surface area contributed by atoms with Gasteiger partial charge in [-0.1, -0.05) is 52.4 Å². The number of nitrogens with one attached hydrogen (secondary N) is 1. The third-order valence-electron chi connectivity index (χ3n) is 6.95. The van der Waals surface area contributed by atoms with Crippen LogP contribution in [0.3, 0.4) is 0 Å². The number of anilines is 1. The van der Waals surface area contributed by atoms with Crippen LogP contribution in [0.2, 0.25) is 0 Å². The van der Waals surface area contributed by atoms with Gasteiger partial charge < -0.3 is 29.8 Å². The van der Waals surface area contributed by atoms with Gasteiger partial charge in [-0.2, -0.15) is 0 Å². The Labute approximate surface area is 247 Å². The van der Waals surface area contributed by atoms with E-state index in [-0.39, 0.29) is 39.8 Å². The van der Waals surface area contributed by atoms with Gasteiger partial charge in [0, 0.05) is 12.1 Å². The monoisotopic (exact) mass is 572 g/mol. The fourth-order valence-electron chi connectivity index (χ4n) is 4.62. The maximum absolute atomic E-state index is 13.1. The van der Waals surface area contributed by atoms with Crippen molar-refractivity contribution >= 4 is 17.2 Å². The lowest BCUT2D eigenvalue weighted by molar-refractivity contribution is 0.104. The van der Waals surface area contributed by atoms with E-state index in [1.807, 2.05) is 0 Å². The van der Waals surface area contributed by atoms with Crippen LogP contribution < -0.4 is 24.7 Å². The van der Waals surface area contributed by atoms with Crippen LogP contribution in [0, 0.1) is 5.41 Å². The molecule has 0 unspecified atom stereocenters. The molecule has 0 amide bonds. The quantitative estimate of drug-likeness (QED) is 0.0897. The van der Waals surface area contributed by atoms with Crippen molar-refractivity contribution in [3.8, 4) is 34.5 Å². The Hall–Kier alpha value is -4.46. The topological polar surface area (TPSA) is 124 Å². The van der Waals surface area contributed by atoms with Crippen LogP contribution in [0.25, 0.3) is 0 Å². The Morgan fingerprint density at radius 3 is 1.74 bits per heavy atom. The minimum atomic E-state index is -0.492. The van der Waals surface area contributed by atoms with Gasteiger partial charge in [-0.15, -0.1) is 0 Å². The van der Waals surface area contributed by atoms with Crippen molar-refractivity contribution < 1.29 is 28.8 Å². The molecule has 0 spiro atoms. The SMILES string of the molecule is CCCCCCOc1ccc(OC2=CC(=O)c3c(N)c(Oc4ccc(OCCCCCC)cc4)cc(O)c3C2=N)cc1. The molecule has 1 aliphatic rings. The lowest BCUT2D eigenvalue weighted by atomic mass is 9.90. The van der Waals surface area contributed by atoms with Gasteiger partial charge in [0.15, 0.2) is 17.3 Å². The molecule has 3 aromatic rings. The largest absolute Gasteiger partial charge is 0.507 e. The molecule has 0 saturated heterocycles. The average Bonchev–Trinajstić information content (AvgIpc) is 2.99. The fraction of sp³-hybridized carbons (Fsp3) is 0.353. The predicted octanol–water partition coefficient (Wildman–Crippen LogP) is 8.21. The van der Waals surface area contributed by atoms with Crippen LogP contribution >= 0.6 is 0 Å². The molecule has 1 aliphatic carbocycles. The van der Waals surface area contributed by atoms with Gasteiger partial charge in [-0.05, 0) is 61.4 Å². The second-order valence-corrected chi connectivity index (χ2v) is 10.3. The molecule has 0 aliphatic heterocycles. The molecule has 222 valence electrons. The Balaban J connectivity index is 1.41. The summed E-state index contributed by atoms with van der Waals surface area (Å²) in [5.74, 6) is 1.67. The number of rotatable bonds is 16. The van der Waals surface area contributed by atoms with Crippen LogP contribution in [0.1, 0.15) is 81.1 Å². The summed E-state index contributed by atoms with van der Waals surface area (Å²) in [6, 6.07) is 15.3. The van der Waals surface area contributed by atoms with Crippen molar-refractivity contribution in [1.29, 1.82) is 5.41 Å². The number of nitrogens with two attached hydrogens (primary N) is 1. The minimum absolute atomic E-state index is 0.00111. The Bertz CT molecular complexity index is 1400. The zero-order valence-electron chi connectivity index (χ0n) is 24.4. The molecule has 4 N–H and O–H groups in total.